The Morgan fingerprint density at radius 3 is 2.47 bits per heavy atom. The molecule has 1 saturated heterocycles. The lowest BCUT2D eigenvalue weighted by molar-refractivity contribution is 0.100. The molecule has 32 heavy (non-hydrogen) atoms. The van der Waals surface area contributed by atoms with E-state index in [4.69, 9.17) is 27.8 Å². The van der Waals surface area contributed by atoms with Crippen LogP contribution >= 0.6 is 11.6 Å². The SMILES string of the molecule is NC(N)=NC(=O)c1cccc2cc(OCCN3CCN(c4ccc(Cl)cc4)CC3)ccc12. The highest BCUT2D eigenvalue weighted by atomic mass is 35.5. The molecule has 0 atom stereocenters. The van der Waals surface area contributed by atoms with E-state index < -0.39 is 5.91 Å². The number of rotatable bonds is 6. The van der Waals surface area contributed by atoms with Crippen LogP contribution in [0, 0.1) is 0 Å². The number of hydrogen-bond donors (Lipinski definition) is 2. The molecule has 0 bridgehead atoms. The first-order valence-electron chi connectivity index (χ1n) is 10.5. The summed E-state index contributed by atoms with van der Waals surface area (Å²) in [6, 6.07) is 19.1. The van der Waals surface area contributed by atoms with E-state index in [1.54, 1.807) is 6.07 Å². The largest absolute Gasteiger partial charge is 0.492 e. The number of anilines is 1. The lowest BCUT2D eigenvalue weighted by Gasteiger charge is -2.36. The van der Waals surface area contributed by atoms with Crippen LogP contribution in [0.15, 0.2) is 65.7 Å². The molecule has 1 fully saturated rings. The Labute approximate surface area is 192 Å². The highest BCUT2D eigenvalue weighted by molar-refractivity contribution is 6.30. The third kappa shape index (κ3) is 5.30. The number of guanidine groups is 1. The molecule has 3 aromatic rings. The predicted molar refractivity (Wildman–Crippen MR) is 130 cm³/mol. The molecule has 0 aliphatic carbocycles. The second-order valence-corrected chi connectivity index (χ2v) is 8.12. The van der Waals surface area contributed by atoms with Crippen molar-refractivity contribution in [3.05, 3.63) is 71.2 Å². The molecule has 8 heteroatoms. The third-order valence-corrected chi connectivity index (χ3v) is 5.81. The average molecular weight is 452 g/mol. The number of nitrogens with zero attached hydrogens (tertiary/aromatic N) is 3. The summed E-state index contributed by atoms with van der Waals surface area (Å²) in [6.45, 7) is 5.38. The van der Waals surface area contributed by atoms with Gasteiger partial charge < -0.3 is 21.1 Å². The minimum absolute atomic E-state index is 0.249. The Hall–Kier alpha value is -3.29. The zero-order valence-electron chi connectivity index (χ0n) is 17.7. The summed E-state index contributed by atoms with van der Waals surface area (Å²) in [7, 11) is 0. The minimum atomic E-state index is -0.456. The van der Waals surface area contributed by atoms with Gasteiger partial charge in [-0.1, -0.05) is 23.7 Å². The maximum absolute atomic E-state index is 12.2. The molecule has 0 spiro atoms. The van der Waals surface area contributed by atoms with Gasteiger partial charge in [-0.15, -0.1) is 0 Å². The predicted octanol–water partition coefficient (Wildman–Crippen LogP) is 3.11. The van der Waals surface area contributed by atoms with Crippen molar-refractivity contribution in [2.24, 2.45) is 16.5 Å². The standard InChI is InChI=1S/C24H26ClN5O2/c25-18-4-6-19(7-5-18)30-12-10-29(11-13-30)14-15-32-20-8-9-21-17(16-20)2-1-3-22(21)23(31)28-24(26)27/h1-9,16H,10-15H2,(H4,26,27,28,31). The van der Waals surface area contributed by atoms with E-state index in [1.165, 1.54) is 5.69 Å². The summed E-state index contributed by atoms with van der Waals surface area (Å²) >= 11 is 5.98. The molecular formula is C24H26ClN5O2. The molecule has 1 amide bonds. The van der Waals surface area contributed by atoms with Gasteiger partial charge in [0.25, 0.3) is 5.91 Å². The molecule has 0 unspecified atom stereocenters. The third-order valence-electron chi connectivity index (χ3n) is 5.55. The second-order valence-electron chi connectivity index (χ2n) is 7.68. The number of amides is 1. The number of ether oxygens (including phenoxy) is 1. The zero-order valence-corrected chi connectivity index (χ0v) is 18.5. The van der Waals surface area contributed by atoms with Gasteiger partial charge in [0, 0.05) is 49.0 Å². The van der Waals surface area contributed by atoms with Gasteiger partial charge in [-0.2, -0.15) is 4.99 Å². The molecule has 3 aromatic carbocycles. The highest BCUT2D eigenvalue weighted by Crippen LogP contribution is 2.25. The van der Waals surface area contributed by atoms with Gasteiger partial charge in [0.15, 0.2) is 5.96 Å². The number of hydrogen-bond acceptors (Lipinski definition) is 4. The van der Waals surface area contributed by atoms with Crippen LogP contribution in [0.1, 0.15) is 10.4 Å². The number of halogens is 1. The molecule has 4 N–H and O–H groups in total. The van der Waals surface area contributed by atoms with Gasteiger partial charge in [0.2, 0.25) is 0 Å². The smallest absolute Gasteiger partial charge is 0.280 e. The van der Waals surface area contributed by atoms with Crippen LogP contribution in [-0.4, -0.2) is 56.1 Å². The average Bonchev–Trinajstić information content (AvgIpc) is 2.79. The lowest BCUT2D eigenvalue weighted by Crippen LogP contribution is -2.47. The Morgan fingerprint density at radius 2 is 1.75 bits per heavy atom. The molecule has 4 rings (SSSR count). The monoisotopic (exact) mass is 451 g/mol. The van der Waals surface area contributed by atoms with Gasteiger partial charge in [-0.05, 0) is 59.3 Å². The Kier molecular flexibility index (Phi) is 6.78. The Morgan fingerprint density at radius 1 is 1.00 bits per heavy atom. The van der Waals surface area contributed by atoms with E-state index in [1.807, 2.05) is 42.5 Å². The normalized spacial score (nSPS) is 14.3. The fraction of sp³-hybridized carbons (Fsp3) is 0.250. The molecule has 0 radical (unpaired) electrons. The maximum atomic E-state index is 12.2. The maximum Gasteiger partial charge on any atom is 0.280 e. The van der Waals surface area contributed by atoms with Gasteiger partial charge in [-0.3, -0.25) is 9.69 Å². The van der Waals surface area contributed by atoms with Crippen LogP contribution in [0.25, 0.3) is 10.8 Å². The Bertz CT molecular complexity index is 1120. The van der Waals surface area contributed by atoms with E-state index in [-0.39, 0.29) is 5.96 Å². The molecule has 7 nitrogen and oxygen atoms in total. The highest BCUT2D eigenvalue weighted by Gasteiger charge is 2.17. The summed E-state index contributed by atoms with van der Waals surface area (Å²) in [6.07, 6.45) is 0. The van der Waals surface area contributed by atoms with E-state index in [9.17, 15) is 4.79 Å². The zero-order chi connectivity index (χ0) is 22.5. The number of benzene rings is 3. The van der Waals surface area contributed by atoms with Crippen molar-refractivity contribution < 1.29 is 9.53 Å². The summed E-state index contributed by atoms with van der Waals surface area (Å²) in [5.74, 6) is 0.0618. The van der Waals surface area contributed by atoms with E-state index >= 15 is 0 Å². The van der Waals surface area contributed by atoms with E-state index in [0.717, 1.165) is 54.3 Å². The van der Waals surface area contributed by atoms with Crippen molar-refractivity contribution in [3.63, 3.8) is 0 Å². The molecule has 1 heterocycles. The van der Waals surface area contributed by atoms with Crippen LogP contribution in [0.3, 0.4) is 0 Å². The van der Waals surface area contributed by atoms with Crippen LogP contribution in [-0.2, 0) is 0 Å². The first-order chi connectivity index (χ1) is 15.5. The molecular weight excluding hydrogens is 426 g/mol. The second kappa shape index (κ2) is 9.89. The molecule has 1 aliphatic heterocycles. The van der Waals surface area contributed by atoms with Crippen molar-refractivity contribution in [2.75, 3.05) is 44.2 Å². The minimum Gasteiger partial charge on any atom is -0.492 e. The van der Waals surface area contributed by atoms with Crippen molar-refractivity contribution in [1.29, 1.82) is 0 Å². The summed E-state index contributed by atoms with van der Waals surface area (Å²) in [5, 5.41) is 2.44. The summed E-state index contributed by atoms with van der Waals surface area (Å²) in [5.41, 5.74) is 12.3. The first-order valence-corrected chi connectivity index (χ1v) is 10.9. The van der Waals surface area contributed by atoms with Crippen molar-refractivity contribution in [2.45, 2.75) is 0 Å². The summed E-state index contributed by atoms with van der Waals surface area (Å²) < 4.78 is 5.98. The fourth-order valence-electron chi connectivity index (χ4n) is 3.89. The number of aliphatic imine (C=N–C) groups is 1. The Balaban J connectivity index is 1.31. The number of carbonyl (C=O) groups excluding carboxylic acids is 1. The van der Waals surface area contributed by atoms with Crippen molar-refractivity contribution in [1.82, 2.24) is 4.90 Å². The van der Waals surface area contributed by atoms with Crippen LogP contribution in [0.5, 0.6) is 5.75 Å². The van der Waals surface area contributed by atoms with Crippen LogP contribution in [0.2, 0.25) is 5.02 Å². The molecule has 1 aliphatic rings. The quantitative estimate of drug-likeness (QED) is 0.441. The molecule has 0 saturated carbocycles. The van der Waals surface area contributed by atoms with E-state index in [0.29, 0.717) is 12.2 Å². The van der Waals surface area contributed by atoms with Crippen molar-refractivity contribution >= 4 is 39.9 Å². The van der Waals surface area contributed by atoms with Gasteiger partial charge in [-0.25, -0.2) is 0 Å². The number of fused-ring (bicyclic) bond motifs is 1. The number of carbonyl (C=O) groups is 1. The van der Waals surface area contributed by atoms with Crippen molar-refractivity contribution in [3.8, 4) is 5.75 Å². The van der Waals surface area contributed by atoms with Gasteiger partial charge in [0.1, 0.15) is 12.4 Å². The van der Waals surface area contributed by atoms with Crippen LogP contribution in [0.4, 0.5) is 5.69 Å². The number of nitrogens with two attached hydrogens (primary N) is 2. The fourth-order valence-corrected chi connectivity index (χ4v) is 4.02. The lowest BCUT2D eigenvalue weighted by atomic mass is 10.0. The number of piperazine rings is 1. The molecule has 166 valence electrons. The van der Waals surface area contributed by atoms with Gasteiger partial charge >= 0.3 is 0 Å². The topological polar surface area (TPSA) is 97.2 Å². The van der Waals surface area contributed by atoms with Crippen LogP contribution < -0.4 is 21.1 Å². The molecule has 0 aromatic heterocycles. The van der Waals surface area contributed by atoms with Gasteiger partial charge in [0.05, 0.1) is 0 Å². The first kappa shape index (κ1) is 21.9. The van der Waals surface area contributed by atoms with E-state index in [2.05, 4.69) is 26.9 Å². The summed E-state index contributed by atoms with van der Waals surface area (Å²) in [4.78, 5) is 20.6.